The Morgan fingerprint density at radius 1 is 1.28 bits per heavy atom. The molecule has 1 aliphatic carbocycles. The summed E-state index contributed by atoms with van der Waals surface area (Å²) in [7, 11) is -1.89. The number of methoxy groups -OCH3 is 1. The molecule has 3 N–H and O–H groups in total. The molecule has 0 spiro atoms. The van der Waals surface area contributed by atoms with E-state index in [1.54, 1.807) is 22.8 Å². The van der Waals surface area contributed by atoms with Crippen LogP contribution in [-0.4, -0.2) is 36.9 Å². The lowest BCUT2D eigenvalue weighted by molar-refractivity contribution is 0.0694. The van der Waals surface area contributed by atoms with E-state index in [2.05, 4.69) is 0 Å². The third-order valence-corrected chi connectivity index (χ3v) is 9.46. The summed E-state index contributed by atoms with van der Waals surface area (Å²) in [6.45, 7) is 0. The smallest absolute Gasteiger partial charge is 0.341 e. The van der Waals surface area contributed by atoms with Crippen LogP contribution in [0.15, 0.2) is 33.4 Å². The first kappa shape index (κ1) is 22.8. The van der Waals surface area contributed by atoms with Crippen LogP contribution in [0.2, 0.25) is 0 Å². The molecule has 32 heavy (non-hydrogen) atoms. The Morgan fingerprint density at radius 2 is 2.00 bits per heavy atom. The molecule has 1 aromatic carbocycles. The number of pyridine rings is 1. The van der Waals surface area contributed by atoms with Crippen LogP contribution in [0, 0.1) is 0 Å². The average molecular weight is 497 g/mol. The molecule has 0 amide bonds. The molecule has 11 heteroatoms. The monoisotopic (exact) mass is 496 g/mol. The summed E-state index contributed by atoms with van der Waals surface area (Å²) >= 11 is 1.15. The van der Waals surface area contributed by atoms with Crippen molar-refractivity contribution in [2.24, 2.45) is 5.73 Å². The second-order valence-corrected chi connectivity index (χ2v) is 11.3. The zero-order valence-corrected chi connectivity index (χ0v) is 19.5. The molecular formula is C21H21ClN2O6S2. The molecule has 0 saturated heterocycles. The average Bonchev–Trinajstić information content (AvgIpc) is 3.47. The third-order valence-electron chi connectivity index (χ3n) is 5.89. The number of aromatic nitrogens is 1. The van der Waals surface area contributed by atoms with E-state index < -0.39 is 21.2 Å². The maximum absolute atomic E-state index is 12.8. The van der Waals surface area contributed by atoms with Gasteiger partial charge in [0.2, 0.25) is 5.43 Å². The third kappa shape index (κ3) is 3.42. The van der Waals surface area contributed by atoms with Crippen LogP contribution in [0.25, 0.3) is 21.3 Å². The fourth-order valence-electron chi connectivity index (χ4n) is 4.16. The van der Waals surface area contributed by atoms with Gasteiger partial charge in [-0.2, -0.15) is 0 Å². The summed E-state index contributed by atoms with van der Waals surface area (Å²) in [5, 5.41) is 9.73. The fourth-order valence-corrected chi connectivity index (χ4v) is 7.50. The minimum Gasteiger partial charge on any atom is -0.494 e. The van der Waals surface area contributed by atoms with Crippen molar-refractivity contribution in [2.75, 3.05) is 12.9 Å². The Labute approximate surface area is 193 Å². The molecule has 3 aromatic rings. The Morgan fingerprint density at radius 3 is 2.59 bits per heavy atom. The number of carboxylic acids is 1. The SMILES string of the molecule is COc1c(-c2cc3c(s2)S(=O)(=O)CCC3N)ccc2c(=O)c(C(=O)O)cn(C3CC3)c12.Cl. The van der Waals surface area contributed by atoms with Crippen LogP contribution in [0.5, 0.6) is 5.75 Å². The highest BCUT2D eigenvalue weighted by Crippen LogP contribution is 2.47. The highest BCUT2D eigenvalue weighted by atomic mass is 35.5. The maximum Gasteiger partial charge on any atom is 0.341 e. The van der Waals surface area contributed by atoms with Crippen molar-refractivity contribution < 1.29 is 23.1 Å². The van der Waals surface area contributed by atoms with Crippen molar-refractivity contribution in [3.05, 3.63) is 45.7 Å². The molecule has 1 saturated carbocycles. The highest BCUT2D eigenvalue weighted by molar-refractivity contribution is 7.93. The van der Waals surface area contributed by atoms with Crippen molar-refractivity contribution in [3.63, 3.8) is 0 Å². The molecule has 0 bridgehead atoms. The number of halogens is 1. The Balaban J connectivity index is 0.00000245. The molecule has 170 valence electrons. The van der Waals surface area contributed by atoms with Gasteiger partial charge in [0.05, 0.1) is 23.8 Å². The lowest BCUT2D eigenvalue weighted by Gasteiger charge is -2.17. The normalized spacial score (nSPS) is 19.2. The standard InChI is InChI=1S/C21H20N2O6S2.ClH/c1-29-19-11(16-8-13-15(22)6-7-31(27,28)21(13)30-16)4-5-12-17(19)23(10-2-3-10)9-14(18(12)24)20(25)26;/h4-5,8-10,15H,2-3,6-7,22H2,1H3,(H,25,26);1H. The molecule has 8 nitrogen and oxygen atoms in total. The summed E-state index contributed by atoms with van der Waals surface area (Å²) in [4.78, 5) is 25.1. The van der Waals surface area contributed by atoms with Crippen LogP contribution < -0.4 is 15.9 Å². The van der Waals surface area contributed by atoms with Crippen molar-refractivity contribution in [1.82, 2.24) is 4.57 Å². The number of fused-ring (bicyclic) bond motifs is 2. The molecule has 2 aromatic heterocycles. The number of thiophene rings is 1. The first-order chi connectivity index (χ1) is 14.7. The zero-order chi connectivity index (χ0) is 22.1. The minimum atomic E-state index is -3.38. The molecule has 1 aliphatic heterocycles. The van der Waals surface area contributed by atoms with Gasteiger partial charge in [-0.05, 0) is 43.0 Å². The van der Waals surface area contributed by atoms with E-state index in [0.29, 0.717) is 33.7 Å². The van der Waals surface area contributed by atoms with Gasteiger partial charge in [0, 0.05) is 28.7 Å². The van der Waals surface area contributed by atoms with Gasteiger partial charge in [0.25, 0.3) is 0 Å². The molecule has 2 aliphatic rings. The first-order valence-electron chi connectivity index (χ1n) is 9.84. The van der Waals surface area contributed by atoms with E-state index in [0.717, 1.165) is 24.2 Å². The van der Waals surface area contributed by atoms with Crippen molar-refractivity contribution >= 4 is 50.5 Å². The van der Waals surface area contributed by atoms with Crippen molar-refractivity contribution in [2.45, 2.75) is 35.6 Å². The second kappa shape index (κ2) is 7.87. The number of benzene rings is 1. The number of carbonyl (C=O) groups is 1. The molecule has 0 radical (unpaired) electrons. The second-order valence-electron chi connectivity index (χ2n) is 7.93. The zero-order valence-electron chi connectivity index (χ0n) is 17.0. The van der Waals surface area contributed by atoms with Crippen molar-refractivity contribution in [3.8, 4) is 16.2 Å². The molecular weight excluding hydrogens is 476 g/mol. The number of hydrogen-bond acceptors (Lipinski definition) is 7. The van der Waals surface area contributed by atoms with E-state index in [-0.39, 0.29) is 45.4 Å². The maximum atomic E-state index is 12.8. The van der Waals surface area contributed by atoms with E-state index in [1.165, 1.54) is 13.3 Å². The fraction of sp³-hybridized carbons (Fsp3) is 0.333. The van der Waals surface area contributed by atoms with Crippen LogP contribution in [0.4, 0.5) is 0 Å². The van der Waals surface area contributed by atoms with Crippen LogP contribution in [-0.2, 0) is 9.84 Å². The van der Waals surface area contributed by atoms with Crippen molar-refractivity contribution in [1.29, 1.82) is 0 Å². The summed E-state index contributed by atoms with van der Waals surface area (Å²) in [5.41, 5.74) is 7.09. The van der Waals surface area contributed by atoms with Gasteiger partial charge in [0.1, 0.15) is 9.77 Å². The molecule has 1 atom stereocenters. The molecule has 5 rings (SSSR count). The largest absolute Gasteiger partial charge is 0.494 e. The molecule has 1 unspecified atom stereocenters. The van der Waals surface area contributed by atoms with Gasteiger partial charge in [-0.15, -0.1) is 23.7 Å². The van der Waals surface area contributed by atoms with Gasteiger partial charge >= 0.3 is 5.97 Å². The molecule has 3 heterocycles. The quantitative estimate of drug-likeness (QED) is 0.566. The van der Waals surface area contributed by atoms with Crippen LogP contribution in [0.1, 0.15) is 47.3 Å². The Bertz CT molecular complexity index is 1420. The van der Waals surface area contributed by atoms with Crippen LogP contribution in [0.3, 0.4) is 0 Å². The predicted molar refractivity (Wildman–Crippen MR) is 124 cm³/mol. The minimum absolute atomic E-state index is 0. The van der Waals surface area contributed by atoms with Gasteiger partial charge < -0.3 is 20.1 Å². The number of rotatable bonds is 4. The summed E-state index contributed by atoms with van der Waals surface area (Å²) in [6.07, 6.45) is 3.52. The summed E-state index contributed by atoms with van der Waals surface area (Å²) in [6, 6.07) is 4.80. The Hall–Kier alpha value is -2.40. The van der Waals surface area contributed by atoms with E-state index in [1.807, 2.05) is 0 Å². The lowest BCUT2D eigenvalue weighted by atomic mass is 10.0. The lowest BCUT2D eigenvalue weighted by Crippen LogP contribution is -2.23. The van der Waals surface area contributed by atoms with Gasteiger partial charge in [-0.1, -0.05) is 0 Å². The number of nitrogens with zero attached hydrogens (tertiary/aromatic N) is 1. The van der Waals surface area contributed by atoms with Crippen LogP contribution >= 0.6 is 23.7 Å². The summed E-state index contributed by atoms with van der Waals surface area (Å²) < 4.78 is 32.9. The number of carboxylic acid groups (broad SMARTS) is 1. The highest BCUT2D eigenvalue weighted by Gasteiger charge is 2.33. The van der Waals surface area contributed by atoms with Gasteiger partial charge in [0.15, 0.2) is 15.6 Å². The number of nitrogens with two attached hydrogens (primary N) is 1. The number of aromatic carboxylic acids is 1. The summed E-state index contributed by atoms with van der Waals surface area (Å²) in [5.74, 6) is -0.827. The van der Waals surface area contributed by atoms with E-state index in [9.17, 15) is 23.1 Å². The van der Waals surface area contributed by atoms with Gasteiger partial charge in [-0.3, -0.25) is 4.79 Å². The number of ether oxygens (including phenoxy) is 1. The van der Waals surface area contributed by atoms with Gasteiger partial charge in [-0.25, -0.2) is 13.2 Å². The van der Waals surface area contributed by atoms with E-state index >= 15 is 0 Å². The number of hydrogen-bond donors (Lipinski definition) is 2. The first-order valence-corrected chi connectivity index (χ1v) is 12.3. The molecule has 1 fully saturated rings. The number of sulfone groups is 1. The van der Waals surface area contributed by atoms with E-state index in [4.69, 9.17) is 10.5 Å². The predicted octanol–water partition coefficient (Wildman–Crippen LogP) is 3.37. The Kier molecular flexibility index (Phi) is 5.61. The topological polar surface area (TPSA) is 129 Å².